The van der Waals surface area contributed by atoms with Gasteiger partial charge in [-0.2, -0.15) is 0 Å². The molecule has 0 heterocycles. The van der Waals surface area contributed by atoms with E-state index in [2.05, 4.69) is 30.4 Å². The van der Waals surface area contributed by atoms with Crippen molar-refractivity contribution >= 4 is 11.6 Å². The molecule has 2 nitrogen and oxygen atoms in total. The second-order valence-corrected chi connectivity index (χ2v) is 5.13. The van der Waals surface area contributed by atoms with Crippen molar-refractivity contribution in [3.63, 3.8) is 0 Å². The lowest BCUT2D eigenvalue weighted by atomic mass is 9.99. The average molecular weight is 290 g/mol. The molecule has 0 aromatic heterocycles. The molecule has 0 aliphatic carbocycles. The van der Waals surface area contributed by atoms with Crippen LogP contribution in [0.3, 0.4) is 0 Å². The minimum atomic E-state index is 0.133. The van der Waals surface area contributed by atoms with Gasteiger partial charge in [-0.05, 0) is 48.9 Å². The van der Waals surface area contributed by atoms with E-state index in [1.165, 1.54) is 5.56 Å². The first-order chi connectivity index (χ1) is 9.74. The average Bonchev–Trinajstić information content (AvgIpc) is 2.47. The molecule has 0 saturated carbocycles. The first-order valence-corrected chi connectivity index (χ1v) is 7.28. The van der Waals surface area contributed by atoms with Crippen molar-refractivity contribution in [2.45, 2.75) is 19.4 Å². The molecule has 1 N–H and O–H groups in total. The van der Waals surface area contributed by atoms with Gasteiger partial charge in [0.2, 0.25) is 0 Å². The molecule has 1 unspecified atom stereocenters. The van der Waals surface area contributed by atoms with E-state index in [0.717, 1.165) is 29.4 Å². The van der Waals surface area contributed by atoms with Gasteiger partial charge in [-0.3, -0.25) is 0 Å². The minimum Gasteiger partial charge on any atom is -0.494 e. The van der Waals surface area contributed by atoms with Crippen molar-refractivity contribution in [3.05, 3.63) is 64.7 Å². The van der Waals surface area contributed by atoms with Gasteiger partial charge in [0.15, 0.2) is 0 Å². The number of ether oxygens (including phenoxy) is 1. The van der Waals surface area contributed by atoms with E-state index in [9.17, 15) is 0 Å². The highest BCUT2D eigenvalue weighted by atomic mass is 35.5. The summed E-state index contributed by atoms with van der Waals surface area (Å²) in [7, 11) is 1.95. The summed E-state index contributed by atoms with van der Waals surface area (Å²) in [4.78, 5) is 0. The van der Waals surface area contributed by atoms with Crippen molar-refractivity contribution in [2.24, 2.45) is 0 Å². The van der Waals surface area contributed by atoms with Crippen LogP contribution in [0.4, 0.5) is 0 Å². The molecule has 1 atom stereocenters. The van der Waals surface area contributed by atoms with Crippen molar-refractivity contribution < 1.29 is 4.74 Å². The van der Waals surface area contributed by atoms with Crippen molar-refractivity contribution in [1.29, 1.82) is 0 Å². The number of hydrogen-bond acceptors (Lipinski definition) is 2. The summed E-state index contributed by atoms with van der Waals surface area (Å²) in [5.41, 5.74) is 2.35. The molecule has 106 valence electrons. The topological polar surface area (TPSA) is 21.3 Å². The predicted octanol–water partition coefficient (Wildman–Crippen LogP) is 4.44. The van der Waals surface area contributed by atoms with Crippen LogP contribution in [-0.2, 0) is 0 Å². The Morgan fingerprint density at radius 1 is 1.10 bits per heavy atom. The van der Waals surface area contributed by atoms with E-state index in [0.29, 0.717) is 0 Å². The Morgan fingerprint density at radius 3 is 2.45 bits per heavy atom. The third kappa shape index (κ3) is 3.75. The van der Waals surface area contributed by atoms with Crippen LogP contribution in [0.1, 0.15) is 30.5 Å². The second-order valence-electron chi connectivity index (χ2n) is 4.69. The van der Waals surface area contributed by atoms with Crippen molar-refractivity contribution in [3.8, 4) is 5.75 Å². The Hall–Kier alpha value is -1.51. The van der Waals surface area contributed by atoms with Gasteiger partial charge in [-0.1, -0.05) is 42.8 Å². The van der Waals surface area contributed by atoms with Crippen LogP contribution < -0.4 is 10.1 Å². The van der Waals surface area contributed by atoms with Gasteiger partial charge in [0.25, 0.3) is 0 Å². The van der Waals surface area contributed by atoms with E-state index >= 15 is 0 Å². The highest BCUT2D eigenvalue weighted by molar-refractivity contribution is 6.30. The smallest absolute Gasteiger partial charge is 0.119 e. The maximum atomic E-state index is 6.07. The zero-order chi connectivity index (χ0) is 14.4. The fraction of sp³-hybridized carbons (Fsp3) is 0.294. The molecule has 2 aromatic carbocycles. The highest BCUT2D eigenvalue weighted by Gasteiger charge is 2.12. The first-order valence-electron chi connectivity index (χ1n) is 6.90. The van der Waals surface area contributed by atoms with E-state index in [-0.39, 0.29) is 6.04 Å². The lowest BCUT2D eigenvalue weighted by molar-refractivity contribution is 0.317. The van der Waals surface area contributed by atoms with Gasteiger partial charge in [-0.25, -0.2) is 0 Å². The third-order valence-corrected chi connectivity index (χ3v) is 3.39. The third-order valence-electron chi connectivity index (χ3n) is 3.16. The zero-order valence-corrected chi connectivity index (χ0v) is 12.7. The largest absolute Gasteiger partial charge is 0.494 e. The van der Waals surface area contributed by atoms with Crippen LogP contribution in [0.2, 0.25) is 5.02 Å². The summed E-state index contributed by atoms with van der Waals surface area (Å²) in [5, 5.41) is 4.08. The van der Waals surface area contributed by atoms with Gasteiger partial charge in [0, 0.05) is 5.02 Å². The van der Waals surface area contributed by atoms with Gasteiger partial charge < -0.3 is 10.1 Å². The van der Waals surface area contributed by atoms with Gasteiger partial charge >= 0.3 is 0 Å². The Bertz CT molecular complexity index is 539. The van der Waals surface area contributed by atoms with E-state index in [4.69, 9.17) is 16.3 Å². The summed E-state index contributed by atoms with van der Waals surface area (Å²) < 4.78 is 5.61. The Morgan fingerprint density at radius 2 is 1.85 bits per heavy atom. The maximum Gasteiger partial charge on any atom is 0.119 e. The molecule has 2 rings (SSSR count). The monoisotopic (exact) mass is 289 g/mol. The summed E-state index contributed by atoms with van der Waals surface area (Å²) >= 11 is 6.07. The lowest BCUT2D eigenvalue weighted by Crippen LogP contribution is -2.17. The molecular formula is C17H20ClNO. The predicted molar refractivity (Wildman–Crippen MR) is 84.6 cm³/mol. The number of hydrogen-bond donors (Lipinski definition) is 1. The van der Waals surface area contributed by atoms with Crippen LogP contribution in [0.15, 0.2) is 48.5 Å². The second kappa shape index (κ2) is 7.32. The highest BCUT2D eigenvalue weighted by Crippen LogP contribution is 2.25. The SMILES string of the molecule is CCCOc1ccc(C(NC)c2cccc(Cl)c2)cc1. The summed E-state index contributed by atoms with van der Waals surface area (Å²) in [6.07, 6.45) is 1.02. The van der Waals surface area contributed by atoms with E-state index in [1.54, 1.807) is 0 Å². The van der Waals surface area contributed by atoms with E-state index in [1.807, 2.05) is 37.4 Å². The molecule has 0 spiro atoms. The quantitative estimate of drug-likeness (QED) is 0.849. The standard InChI is InChI=1S/C17H20ClNO/c1-3-11-20-16-9-7-13(8-10-16)17(19-2)14-5-4-6-15(18)12-14/h4-10,12,17,19H,3,11H2,1-2H3. The number of nitrogens with one attached hydrogen (secondary N) is 1. The molecule has 0 amide bonds. The number of benzene rings is 2. The summed E-state index contributed by atoms with van der Waals surface area (Å²) in [5.74, 6) is 0.913. The fourth-order valence-corrected chi connectivity index (χ4v) is 2.39. The molecule has 0 fully saturated rings. The van der Waals surface area contributed by atoms with Crippen LogP contribution in [0, 0.1) is 0 Å². The van der Waals surface area contributed by atoms with Gasteiger partial charge in [0.1, 0.15) is 5.75 Å². The number of rotatable bonds is 6. The molecule has 2 aromatic rings. The molecule has 0 aliphatic rings. The molecule has 0 radical (unpaired) electrons. The Labute approximate surface area is 125 Å². The van der Waals surface area contributed by atoms with Gasteiger partial charge in [0.05, 0.1) is 12.6 Å². The number of halogens is 1. The van der Waals surface area contributed by atoms with Crippen LogP contribution in [0.5, 0.6) is 5.75 Å². The van der Waals surface area contributed by atoms with Crippen LogP contribution in [0.25, 0.3) is 0 Å². The molecule has 0 bridgehead atoms. The maximum absolute atomic E-state index is 6.07. The summed E-state index contributed by atoms with van der Waals surface area (Å²) in [6.45, 7) is 2.85. The van der Waals surface area contributed by atoms with Gasteiger partial charge in [-0.15, -0.1) is 0 Å². The first kappa shape index (κ1) is 14.9. The van der Waals surface area contributed by atoms with Crippen molar-refractivity contribution in [1.82, 2.24) is 5.32 Å². The van der Waals surface area contributed by atoms with E-state index < -0.39 is 0 Å². The Balaban J connectivity index is 2.19. The van der Waals surface area contributed by atoms with Crippen molar-refractivity contribution in [2.75, 3.05) is 13.7 Å². The minimum absolute atomic E-state index is 0.133. The van der Waals surface area contributed by atoms with Crippen LogP contribution in [-0.4, -0.2) is 13.7 Å². The summed E-state index contributed by atoms with van der Waals surface area (Å²) in [6, 6.07) is 16.3. The molecule has 0 aliphatic heterocycles. The molecule has 20 heavy (non-hydrogen) atoms. The lowest BCUT2D eigenvalue weighted by Gasteiger charge is -2.18. The molecule has 3 heteroatoms. The molecular weight excluding hydrogens is 270 g/mol. The molecule has 0 saturated heterocycles. The fourth-order valence-electron chi connectivity index (χ4n) is 2.19. The Kier molecular flexibility index (Phi) is 5.45. The normalized spacial score (nSPS) is 12.2. The van der Waals surface area contributed by atoms with Crippen LogP contribution >= 0.6 is 11.6 Å². The zero-order valence-electron chi connectivity index (χ0n) is 11.9.